The standard InChI is InChI=1S/C13H16ClFN4O2S/c1-9(2)13(8-19-16-5-6-17-19)18-22(20,21)10-3-4-12(15)11(14)7-10/h3-7,9,13,18H,8H2,1-2H3/t13-/m0/s1. The van der Waals surface area contributed by atoms with Gasteiger partial charge in [0.15, 0.2) is 0 Å². The molecule has 1 aromatic heterocycles. The summed E-state index contributed by atoms with van der Waals surface area (Å²) in [6.45, 7) is 4.06. The van der Waals surface area contributed by atoms with Gasteiger partial charge >= 0.3 is 0 Å². The average molecular weight is 347 g/mol. The number of halogens is 2. The molecule has 0 fully saturated rings. The molecule has 6 nitrogen and oxygen atoms in total. The number of hydrogen-bond donors (Lipinski definition) is 1. The van der Waals surface area contributed by atoms with Crippen LogP contribution in [-0.2, 0) is 16.6 Å². The van der Waals surface area contributed by atoms with Gasteiger partial charge in [0.1, 0.15) is 5.82 Å². The minimum Gasteiger partial charge on any atom is -0.207 e. The molecule has 0 aliphatic heterocycles. The zero-order chi connectivity index (χ0) is 16.3. The maximum absolute atomic E-state index is 13.2. The van der Waals surface area contributed by atoms with Gasteiger partial charge in [-0.1, -0.05) is 25.4 Å². The zero-order valence-electron chi connectivity index (χ0n) is 12.1. The molecule has 120 valence electrons. The van der Waals surface area contributed by atoms with E-state index >= 15 is 0 Å². The molecule has 0 saturated carbocycles. The van der Waals surface area contributed by atoms with Crippen molar-refractivity contribution in [2.75, 3.05) is 0 Å². The molecule has 1 aromatic carbocycles. The first kappa shape index (κ1) is 16.9. The molecule has 0 unspecified atom stereocenters. The van der Waals surface area contributed by atoms with Gasteiger partial charge in [-0.3, -0.25) is 0 Å². The van der Waals surface area contributed by atoms with Crippen LogP contribution in [0, 0.1) is 11.7 Å². The predicted molar refractivity (Wildman–Crippen MR) is 80.4 cm³/mol. The van der Waals surface area contributed by atoms with Crippen molar-refractivity contribution in [2.24, 2.45) is 5.92 Å². The Morgan fingerprint density at radius 1 is 1.32 bits per heavy atom. The maximum Gasteiger partial charge on any atom is 0.240 e. The number of nitrogens with zero attached hydrogens (tertiary/aromatic N) is 3. The highest BCUT2D eigenvalue weighted by atomic mass is 35.5. The van der Waals surface area contributed by atoms with Crippen LogP contribution in [-0.4, -0.2) is 29.5 Å². The Kier molecular flexibility index (Phi) is 5.15. The van der Waals surface area contributed by atoms with E-state index < -0.39 is 21.9 Å². The summed E-state index contributed by atoms with van der Waals surface area (Å²) in [6.07, 6.45) is 3.04. The van der Waals surface area contributed by atoms with Crippen LogP contribution < -0.4 is 4.72 Å². The summed E-state index contributed by atoms with van der Waals surface area (Å²) in [4.78, 5) is 1.32. The van der Waals surface area contributed by atoms with Crippen LogP contribution in [0.4, 0.5) is 4.39 Å². The van der Waals surface area contributed by atoms with Crippen LogP contribution in [0.5, 0.6) is 0 Å². The molecular formula is C13H16ClFN4O2S. The Morgan fingerprint density at radius 3 is 2.50 bits per heavy atom. The van der Waals surface area contributed by atoms with Crippen molar-refractivity contribution < 1.29 is 12.8 Å². The van der Waals surface area contributed by atoms with Gasteiger partial charge in [0, 0.05) is 6.04 Å². The van der Waals surface area contributed by atoms with Crippen molar-refractivity contribution in [1.29, 1.82) is 0 Å². The smallest absolute Gasteiger partial charge is 0.207 e. The van der Waals surface area contributed by atoms with E-state index in [0.29, 0.717) is 6.54 Å². The van der Waals surface area contributed by atoms with Gasteiger partial charge in [-0.05, 0) is 24.1 Å². The van der Waals surface area contributed by atoms with Crippen LogP contribution in [0.15, 0.2) is 35.5 Å². The molecule has 1 heterocycles. The normalized spacial score (nSPS) is 13.5. The van der Waals surface area contributed by atoms with Crippen LogP contribution in [0.1, 0.15) is 13.8 Å². The highest BCUT2D eigenvalue weighted by Crippen LogP contribution is 2.20. The van der Waals surface area contributed by atoms with Crippen LogP contribution in [0.2, 0.25) is 5.02 Å². The summed E-state index contributed by atoms with van der Waals surface area (Å²) in [5, 5.41) is 7.70. The third-order valence-electron chi connectivity index (χ3n) is 3.14. The first-order valence-electron chi connectivity index (χ1n) is 6.61. The number of nitrogens with one attached hydrogen (secondary N) is 1. The first-order chi connectivity index (χ1) is 10.3. The molecule has 0 bridgehead atoms. The van der Waals surface area contributed by atoms with Gasteiger partial charge in [-0.2, -0.15) is 15.0 Å². The van der Waals surface area contributed by atoms with E-state index in [1.165, 1.54) is 23.3 Å². The lowest BCUT2D eigenvalue weighted by atomic mass is 10.1. The second-order valence-corrected chi connectivity index (χ2v) is 7.25. The van der Waals surface area contributed by atoms with E-state index in [1.807, 2.05) is 13.8 Å². The Balaban J connectivity index is 2.22. The molecule has 1 atom stereocenters. The number of sulfonamides is 1. The third-order valence-corrected chi connectivity index (χ3v) is 4.92. The summed E-state index contributed by atoms with van der Waals surface area (Å²) in [6, 6.07) is 2.87. The van der Waals surface area contributed by atoms with E-state index in [2.05, 4.69) is 14.9 Å². The highest BCUT2D eigenvalue weighted by Gasteiger charge is 2.24. The summed E-state index contributed by atoms with van der Waals surface area (Å²) in [5.41, 5.74) is 0. The molecule has 0 aliphatic carbocycles. The second-order valence-electron chi connectivity index (χ2n) is 5.13. The number of rotatable bonds is 6. The topological polar surface area (TPSA) is 76.9 Å². The summed E-state index contributed by atoms with van der Waals surface area (Å²) in [7, 11) is -3.82. The van der Waals surface area contributed by atoms with Crippen LogP contribution >= 0.6 is 11.6 Å². The Morgan fingerprint density at radius 2 is 1.95 bits per heavy atom. The average Bonchev–Trinajstić information content (AvgIpc) is 2.93. The van der Waals surface area contributed by atoms with E-state index in [-0.39, 0.29) is 15.8 Å². The first-order valence-corrected chi connectivity index (χ1v) is 8.47. The maximum atomic E-state index is 13.2. The van der Waals surface area contributed by atoms with Crippen molar-refractivity contribution in [2.45, 2.75) is 31.3 Å². The molecule has 2 rings (SSSR count). The molecule has 0 radical (unpaired) electrons. The van der Waals surface area contributed by atoms with Crippen molar-refractivity contribution >= 4 is 21.6 Å². The van der Waals surface area contributed by atoms with Gasteiger partial charge in [0.2, 0.25) is 10.0 Å². The molecule has 0 spiro atoms. The molecule has 22 heavy (non-hydrogen) atoms. The van der Waals surface area contributed by atoms with Crippen LogP contribution in [0.3, 0.4) is 0 Å². The lowest BCUT2D eigenvalue weighted by Crippen LogP contribution is -2.41. The summed E-state index contributed by atoms with van der Waals surface area (Å²) >= 11 is 5.64. The van der Waals surface area contributed by atoms with Gasteiger partial charge in [-0.15, -0.1) is 0 Å². The van der Waals surface area contributed by atoms with Crippen molar-refractivity contribution in [3.05, 3.63) is 41.4 Å². The Labute approximate surface area is 133 Å². The molecule has 2 aromatic rings. The van der Waals surface area contributed by atoms with E-state index in [9.17, 15) is 12.8 Å². The second kappa shape index (κ2) is 6.72. The quantitative estimate of drug-likeness (QED) is 0.868. The van der Waals surface area contributed by atoms with Crippen molar-refractivity contribution in [3.63, 3.8) is 0 Å². The van der Waals surface area contributed by atoms with Gasteiger partial charge < -0.3 is 0 Å². The molecule has 9 heteroatoms. The Bertz CT molecular complexity index is 735. The van der Waals surface area contributed by atoms with Crippen molar-refractivity contribution in [1.82, 2.24) is 19.7 Å². The fourth-order valence-electron chi connectivity index (χ4n) is 1.81. The minimum absolute atomic E-state index is 0.0108. The van der Waals surface area contributed by atoms with Gasteiger partial charge in [-0.25, -0.2) is 17.5 Å². The largest absolute Gasteiger partial charge is 0.240 e. The van der Waals surface area contributed by atoms with E-state index in [0.717, 1.165) is 12.1 Å². The monoisotopic (exact) mass is 346 g/mol. The number of aromatic nitrogens is 3. The molecule has 1 N–H and O–H groups in total. The Hall–Kier alpha value is -1.51. The van der Waals surface area contributed by atoms with Crippen LogP contribution in [0.25, 0.3) is 0 Å². The van der Waals surface area contributed by atoms with E-state index in [1.54, 1.807) is 0 Å². The zero-order valence-corrected chi connectivity index (χ0v) is 13.6. The predicted octanol–water partition coefficient (Wildman–Crippen LogP) is 2.07. The SMILES string of the molecule is CC(C)[C@H](Cn1nccn1)NS(=O)(=O)c1ccc(F)c(Cl)c1. The lowest BCUT2D eigenvalue weighted by molar-refractivity contribution is 0.361. The third kappa shape index (κ3) is 4.02. The molecule has 0 saturated heterocycles. The molecule has 0 amide bonds. The van der Waals surface area contributed by atoms with Crippen molar-refractivity contribution in [3.8, 4) is 0 Å². The molecular weight excluding hydrogens is 331 g/mol. The number of benzene rings is 1. The van der Waals surface area contributed by atoms with Gasteiger partial charge in [0.25, 0.3) is 0 Å². The van der Waals surface area contributed by atoms with E-state index in [4.69, 9.17) is 11.6 Å². The minimum atomic E-state index is -3.82. The lowest BCUT2D eigenvalue weighted by Gasteiger charge is -2.21. The highest BCUT2D eigenvalue weighted by molar-refractivity contribution is 7.89. The summed E-state index contributed by atoms with van der Waals surface area (Å²) < 4.78 is 40.5. The fraction of sp³-hybridized carbons (Fsp3) is 0.385. The number of hydrogen-bond acceptors (Lipinski definition) is 4. The molecule has 0 aliphatic rings. The van der Waals surface area contributed by atoms with Gasteiger partial charge in [0.05, 0.1) is 28.9 Å². The summed E-state index contributed by atoms with van der Waals surface area (Å²) in [5.74, 6) is -0.654. The fourth-order valence-corrected chi connectivity index (χ4v) is 3.46.